The van der Waals surface area contributed by atoms with Crippen LogP contribution in [-0.2, 0) is 0 Å². The van der Waals surface area contributed by atoms with Crippen LogP contribution in [0.15, 0.2) is 17.2 Å². The van der Waals surface area contributed by atoms with Gasteiger partial charge in [-0.2, -0.15) is 0 Å². The molecule has 2 N–H and O–H groups in total. The lowest BCUT2D eigenvalue weighted by Gasteiger charge is -2.09. The van der Waals surface area contributed by atoms with Crippen LogP contribution in [0.3, 0.4) is 0 Å². The molecule has 0 heterocycles. The molecule has 6 nitrogen and oxygen atoms in total. The summed E-state index contributed by atoms with van der Waals surface area (Å²) in [6.45, 7) is 2.86. The lowest BCUT2D eigenvalue weighted by atomic mass is 10.0. The van der Waals surface area contributed by atoms with Crippen LogP contribution in [0.25, 0.3) is 10.4 Å². The SMILES string of the molecule is CCCCCCCCCCCCCCCCNC(=O)c1ccc(N=[N+]=[N-])c(I)c1O. The van der Waals surface area contributed by atoms with Gasteiger partial charge in [0.2, 0.25) is 0 Å². The van der Waals surface area contributed by atoms with Gasteiger partial charge in [0.1, 0.15) is 5.75 Å². The van der Waals surface area contributed by atoms with Crippen LogP contribution in [0, 0.1) is 3.57 Å². The van der Waals surface area contributed by atoms with Crippen molar-refractivity contribution in [1.29, 1.82) is 0 Å². The second-order valence-electron chi connectivity index (χ2n) is 7.84. The molecule has 1 rings (SSSR count). The van der Waals surface area contributed by atoms with Crippen LogP contribution in [0.2, 0.25) is 0 Å². The molecular formula is C23H37IN4O2. The van der Waals surface area contributed by atoms with Crippen molar-refractivity contribution in [2.45, 2.75) is 96.8 Å². The molecule has 0 aliphatic rings. The molecule has 7 heteroatoms. The molecule has 1 aromatic carbocycles. The molecule has 30 heavy (non-hydrogen) atoms. The zero-order valence-electron chi connectivity index (χ0n) is 18.3. The van der Waals surface area contributed by atoms with Gasteiger partial charge < -0.3 is 10.4 Å². The number of carbonyl (C=O) groups excluding carboxylic acids is 1. The molecule has 168 valence electrons. The van der Waals surface area contributed by atoms with Crippen LogP contribution in [0.5, 0.6) is 5.75 Å². The van der Waals surface area contributed by atoms with Gasteiger partial charge in [-0.3, -0.25) is 4.79 Å². The Morgan fingerprint density at radius 1 is 0.967 bits per heavy atom. The zero-order chi connectivity index (χ0) is 22.0. The van der Waals surface area contributed by atoms with Crippen LogP contribution in [-0.4, -0.2) is 17.6 Å². The molecule has 0 radical (unpaired) electrons. The molecule has 0 spiro atoms. The average Bonchev–Trinajstić information content (AvgIpc) is 2.74. The Labute approximate surface area is 195 Å². The number of azide groups is 1. The maximum absolute atomic E-state index is 12.2. The molecule has 0 saturated carbocycles. The van der Waals surface area contributed by atoms with Crippen molar-refractivity contribution in [3.05, 3.63) is 31.7 Å². The number of hydrogen-bond donors (Lipinski definition) is 2. The van der Waals surface area contributed by atoms with Crippen molar-refractivity contribution in [1.82, 2.24) is 5.32 Å². The summed E-state index contributed by atoms with van der Waals surface area (Å²) in [6, 6.07) is 3.03. The Kier molecular flexibility index (Phi) is 15.3. The fourth-order valence-electron chi connectivity index (χ4n) is 3.48. The first kappa shape index (κ1) is 26.6. The van der Waals surface area contributed by atoms with Gasteiger partial charge in [0, 0.05) is 11.5 Å². The Balaban J connectivity index is 2.04. The van der Waals surface area contributed by atoms with E-state index in [-0.39, 0.29) is 17.2 Å². The van der Waals surface area contributed by atoms with Crippen molar-refractivity contribution >= 4 is 34.2 Å². The Bertz CT molecular complexity index is 675. The number of phenols is 1. The van der Waals surface area contributed by atoms with E-state index in [0.29, 0.717) is 15.8 Å². The summed E-state index contributed by atoms with van der Waals surface area (Å²) in [5.41, 5.74) is 9.04. The van der Waals surface area contributed by atoms with E-state index < -0.39 is 0 Å². The highest BCUT2D eigenvalue weighted by Crippen LogP contribution is 2.32. The van der Waals surface area contributed by atoms with E-state index in [0.717, 1.165) is 12.8 Å². The fraction of sp³-hybridized carbons (Fsp3) is 0.696. The van der Waals surface area contributed by atoms with Gasteiger partial charge in [0.15, 0.2) is 0 Å². The Hall–Kier alpha value is -1.47. The number of carbonyl (C=O) groups is 1. The first-order chi connectivity index (χ1) is 14.6. The lowest BCUT2D eigenvalue weighted by Crippen LogP contribution is -2.24. The summed E-state index contributed by atoms with van der Waals surface area (Å²) < 4.78 is 0.384. The predicted octanol–water partition coefficient (Wildman–Crippen LogP) is 8.15. The largest absolute Gasteiger partial charge is 0.506 e. The van der Waals surface area contributed by atoms with Gasteiger partial charge in [0.05, 0.1) is 14.8 Å². The van der Waals surface area contributed by atoms with E-state index in [2.05, 4.69) is 22.3 Å². The summed E-state index contributed by atoms with van der Waals surface area (Å²) in [5, 5.41) is 16.5. The molecule has 0 fully saturated rings. The van der Waals surface area contributed by atoms with Gasteiger partial charge in [-0.25, -0.2) is 0 Å². The molecule has 0 aliphatic carbocycles. The average molecular weight is 528 g/mol. The second-order valence-corrected chi connectivity index (χ2v) is 8.92. The summed E-state index contributed by atoms with van der Waals surface area (Å²) in [5.74, 6) is -0.438. The molecular weight excluding hydrogens is 491 g/mol. The lowest BCUT2D eigenvalue weighted by molar-refractivity contribution is 0.0950. The van der Waals surface area contributed by atoms with Gasteiger partial charge in [-0.05, 0) is 40.6 Å². The monoisotopic (exact) mass is 528 g/mol. The molecule has 0 saturated heterocycles. The Morgan fingerprint density at radius 3 is 1.97 bits per heavy atom. The van der Waals surface area contributed by atoms with Crippen LogP contribution < -0.4 is 5.32 Å². The summed E-state index contributed by atoms with van der Waals surface area (Å²) in [6.07, 6.45) is 18.2. The summed E-state index contributed by atoms with van der Waals surface area (Å²) >= 11 is 1.87. The normalized spacial score (nSPS) is 10.6. The molecule has 1 amide bonds. The molecule has 0 aromatic heterocycles. The predicted molar refractivity (Wildman–Crippen MR) is 132 cm³/mol. The van der Waals surface area contributed by atoms with Crippen molar-refractivity contribution in [2.24, 2.45) is 5.11 Å². The number of halogens is 1. The van der Waals surface area contributed by atoms with Gasteiger partial charge >= 0.3 is 0 Å². The number of aromatic hydroxyl groups is 1. The highest BCUT2D eigenvalue weighted by molar-refractivity contribution is 14.1. The third kappa shape index (κ3) is 11.1. The van der Waals surface area contributed by atoms with Crippen molar-refractivity contribution in [2.75, 3.05) is 6.54 Å². The fourth-order valence-corrected chi connectivity index (χ4v) is 4.06. The quantitative estimate of drug-likeness (QED) is 0.0701. The third-order valence-electron chi connectivity index (χ3n) is 5.31. The minimum atomic E-state index is -0.299. The van der Waals surface area contributed by atoms with E-state index >= 15 is 0 Å². The number of amides is 1. The molecule has 0 atom stereocenters. The number of rotatable bonds is 17. The number of benzene rings is 1. The topological polar surface area (TPSA) is 98.1 Å². The number of hydrogen-bond acceptors (Lipinski definition) is 3. The number of phenolic OH excluding ortho intramolecular Hbond substituents is 1. The van der Waals surface area contributed by atoms with E-state index in [1.165, 1.54) is 83.1 Å². The van der Waals surface area contributed by atoms with E-state index in [4.69, 9.17) is 5.53 Å². The number of unbranched alkanes of at least 4 members (excludes halogenated alkanes) is 13. The van der Waals surface area contributed by atoms with Gasteiger partial charge in [0.25, 0.3) is 5.91 Å². The first-order valence-corrected chi connectivity index (χ1v) is 12.5. The molecule has 0 bridgehead atoms. The molecule has 0 unspecified atom stereocenters. The van der Waals surface area contributed by atoms with Crippen molar-refractivity contribution in [3.8, 4) is 5.75 Å². The number of nitrogens with one attached hydrogen (secondary N) is 1. The zero-order valence-corrected chi connectivity index (χ0v) is 20.5. The molecule has 0 aliphatic heterocycles. The van der Waals surface area contributed by atoms with Crippen molar-refractivity contribution < 1.29 is 9.90 Å². The summed E-state index contributed by atoms with van der Waals surface area (Å²) in [4.78, 5) is 15.0. The minimum Gasteiger partial charge on any atom is -0.506 e. The van der Waals surface area contributed by atoms with Crippen LogP contribution >= 0.6 is 22.6 Å². The van der Waals surface area contributed by atoms with Crippen LogP contribution in [0.4, 0.5) is 5.69 Å². The van der Waals surface area contributed by atoms with Gasteiger partial charge in [-0.15, -0.1) is 0 Å². The Morgan fingerprint density at radius 2 is 1.47 bits per heavy atom. The highest BCUT2D eigenvalue weighted by atomic mass is 127. The van der Waals surface area contributed by atoms with Crippen molar-refractivity contribution in [3.63, 3.8) is 0 Å². The second kappa shape index (κ2) is 17.2. The van der Waals surface area contributed by atoms with Gasteiger partial charge in [-0.1, -0.05) is 102 Å². The maximum atomic E-state index is 12.2. The first-order valence-electron chi connectivity index (χ1n) is 11.5. The smallest absolute Gasteiger partial charge is 0.255 e. The van der Waals surface area contributed by atoms with E-state index in [9.17, 15) is 9.90 Å². The summed E-state index contributed by atoms with van der Waals surface area (Å²) in [7, 11) is 0. The molecule has 1 aromatic rings. The van der Waals surface area contributed by atoms with E-state index in [1.807, 2.05) is 22.6 Å². The van der Waals surface area contributed by atoms with Crippen LogP contribution in [0.1, 0.15) is 107 Å². The number of nitrogens with zero attached hydrogens (tertiary/aromatic N) is 3. The highest BCUT2D eigenvalue weighted by Gasteiger charge is 2.15. The standard InChI is InChI=1S/C23H37IN4O2/c1-2-3-4-5-6-7-8-9-10-11-12-13-14-15-18-26-23(30)19-16-17-20(27-28-25)21(24)22(19)29/h16-17,29H,2-15,18H2,1H3,(H,26,30). The minimum absolute atomic E-state index is 0.140. The van der Waals surface area contributed by atoms with E-state index in [1.54, 1.807) is 6.07 Å². The third-order valence-corrected chi connectivity index (χ3v) is 6.37. The maximum Gasteiger partial charge on any atom is 0.255 e.